The van der Waals surface area contributed by atoms with Gasteiger partial charge in [0, 0.05) is 11.8 Å². The topological polar surface area (TPSA) is 62.2 Å². The Labute approximate surface area is 149 Å². The number of phenols is 1. The number of aromatic nitrogens is 2. The third kappa shape index (κ3) is 2.93. The predicted octanol–water partition coefficient (Wildman–Crippen LogP) is 5.57. The Hall–Kier alpha value is -3.54. The van der Waals surface area contributed by atoms with Crippen molar-refractivity contribution in [3.63, 3.8) is 0 Å². The number of hydrogen-bond acceptors (Lipinski definition) is 4. The van der Waals surface area contributed by atoms with Crippen LogP contribution in [0.15, 0.2) is 77.1 Å². The van der Waals surface area contributed by atoms with Gasteiger partial charge in [0.2, 0.25) is 0 Å². The highest BCUT2D eigenvalue weighted by Crippen LogP contribution is 2.34. The number of fused-ring (bicyclic) bond motifs is 1. The molecule has 0 aliphatic carbocycles. The molecule has 2 heterocycles. The van der Waals surface area contributed by atoms with E-state index in [9.17, 15) is 9.50 Å². The molecule has 0 radical (unpaired) electrons. The van der Waals surface area contributed by atoms with Crippen LogP contribution in [0.1, 0.15) is 5.56 Å². The molecule has 0 saturated carbocycles. The summed E-state index contributed by atoms with van der Waals surface area (Å²) in [4.78, 5) is 4.63. The number of aryl methyl sites for hydroxylation is 1. The highest BCUT2D eigenvalue weighted by molar-refractivity contribution is 5.74. The molecule has 0 fully saturated rings. The fourth-order valence-electron chi connectivity index (χ4n) is 2.68. The minimum atomic E-state index is -0.314. The summed E-state index contributed by atoms with van der Waals surface area (Å²) in [5.41, 5.74) is 3.47. The summed E-state index contributed by atoms with van der Waals surface area (Å²) < 4.78 is 15.1. The molecule has 4 rings (SSSR count). The van der Waals surface area contributed by atoms with E-state index < -0.39 is 0 Å². The summed E-state index contributed by atoms with van der Waals surface area (Å²) in [6.45, 7) is 1.98. The van der Waals surface area contributed by atoms with Crippen molar-refractivity contribution in [2.45, 2.75) is 6.92 Å². The van der Waals surface area contributed by atoms with Crippen molar-refractivity contribution >= 4 is 17.2 Å². The van der Waals surface area contributed by atoms with E-state index in [1.165, 1.54) is 12.1 Å². The number of nitrogens with zero attached hydrogens (tertiary/aromatic N) is 4. The van der Waals surface area contributed by atoms with Crippen LogP contribution in [0.5, 0.6) is 5.75 Å². The second-order valence-corrected chi connectivity index (χ2v) is 5.91. The highest BCUT2D eigenvalue weighted by atomic mass is 19.1. The Morgan fingerprint density at radius 3 is 2.54 bits per heavy atom. The van der Waals surface area contributed by atoms with Crippen LogP contribution in [-0.2, 0) is 0 Å². The zero-order valence-electron chi connectivity index (χ0n) is 14.0. The lowest BCUT2D eigenvalue weighted by Gasteiger charge is -2.01. The Kier molecular flexibility index (Phi) is 3.93. The van der Waals surface area contributed by atoms with Crippen LogP contribution in [-0.4, -0.2) is 14.5 Å². The molecule has 128 valence electrons. The van der Waals surface area contributed by atoms with Gasteiger partial charge in [-0.05, 0) is 61.0 Å². The van der Waals surface area contributed by atoms with Crippen molar-refractivity contribution in [1.82, 2.24) is 9.38 Å². The molecule has 4 aromatic rings. The zero-order chi connectivity index (χ0) is 18.1. The molecule has 0 unspecified atom stereocenters. The van der Waals surface area contributed by atoms with Gasteiger partial charge in [0.15, 0.2) is 5.82 Å². The molecule has 26 heavy (non-hydrogen) atoms. The van der Waals surface area contributed by atoms with Gasteiger partial charge in [-0.1, -0.05) is 12.1 Å². The summed E-state index contributed by atoms with van der Waals surface area (Å²) in [6, 6.07) is 16.7. The van der Waals surface area contributed by atoms with E-state index in [-0.39, 0.29) is 11.6 Å². The summed E-state index contributed by atoms with van der Waals surface area (Å²) in [6.07, 6.45) is 1.86. The Bertz CT molecular complexity index is 1120. The number of imidazole rings is 1. The van der Waals surface area contributed by atoms with Crippen molar-refractivity contribution < 1.29 is 9.50 Å². The number of pyridine rings is 1. The summed E-state index contributed by atoms with van der Waals surface area (Å²) >= 11 is 0. The molecule has 0 spiro atoms. The fourth-order valence-corrected chi connectivity index (χ4v) is 2.68. The van der Waals surface area contributed by atoms with E-state index in [0.717, 1.165) is 16.8 Å². The number of halogens is 1. The standard InChI is InChI=1S/C20H15FN4O/c1-13-10-11-25-18(12-13)22-19(14-6-8-15(21)9-7-14)20(25)24-23-16-4-2-3-5-17(16)26/h2-12,26H,1H3. The maximum Gasteiger partial charge on any atom is 0.187 e. The lowest BCUT2D eigenvalue weighted by atomic mass is 10.1. The molecular weight excluding hydrogens is 331 g/mol. The molecule has 0 aliphatic rings. The van der Waals surface area contributed by atoms with Crippen molar-refractivity contribution in [2.75, 3.05) is 0 Å². The van der Waals surface area contributed by atoms with Gasteiger partial charge in [-0.2, -0.15) is 0 Å². The molecular formula is C20H15FN4O. The first-order valence-electron chi connectivity index (χ1n) is 8.06. The summed E-state index contributed by atoms with van der Waals surface area (Å²) in [5.74, 6) is 0.241. The normalized spacial score (nSPS) is 11.5. The van der Waals surface area contributed by atoms with Crippen molar-refractivity contribution in [1.29, 1.82) is 0 Å². The zero-order valence-corrected chi connectivity index (χ0v) is 14.0. The second-order valence-electron chi connectivity index (χ2n) is 5.91. The average Bonchev–Trinajstić information content (AvgIpc) is 2.99. The maximum atomic E-state index is 13.3. The van der Waals surface area contributed by atoms with Crippen LogP contribution in [0.25, 0.3) is 16.9 Å². The van der Waals surface area contributed by atoms with Crippen LogP contribution < -0.4 is 0 Å². The number of benzene rings is 2. The molecule has 0 aliphatic heterocycles. The van der Waals surface area contributed by atoms with Crippen LogP contribution in [0, 0.1) is 12.7 Å². The number of phenolic OH excluding ortho intramolecular Hbond substituents is 1. The number of rotatable bonds is 3. The van der Waals surface area contributed by atoms with Gasteiger partial charge < -0.3 is 5.11 Å². The summed E-state index contributed by atoms with van der Waals surface area (Å²) in [5, 5.41) is 18.4. The van der Waals surface area contributed by atoms with Gasteiger partial charge in [0.05, 0.1) is 0 Å². The van der Waals surface area contributed by atoms with Gasteiger partial charge in [0.25, 0.3) is 0 Å². The molecule has 0 atom stereocenters. The smallest absolute Gasteiger partial charge is 0.187 e. The molecule has 1 N–H and O–H groups in total. The predicted molar refractivity (Wildman–Crippen MR) is 97.6 cm³/mol. The largest absolute Gasteiger partial charge is 0.506 e. The quantitative estimate of drug-likeness (QED) is 0.493. The lowest BCUT2D eigenvalue weighted by molar-refractivity contribution is 0.476. The van der Waals surface area contributed by atoms with E-state index in [4.69, 9.17) is 0 Å². The van der Waals surface area contributed by atoms with Crippen LogP contribution in [0.4, 0.5) is 15.9 Å². The average molecular weight is 346 g/mol. The molecule has 6 heteroatoms. The first-order valence-corrected chi connectivity index (χ1v) is 8.06. The van der Waals surface area contributed by atoms with E-state index >= 15 is 0 Å². The van der Waals surface area contributed by atoms with E-state index in [2.05, 4.69) is 15.2 Å². The van der Waals surface area contributed by atoms with E-state index in [1.54, 1.807) is 36.4 Å². The van der Waals surface area contributed by atoms with Crippen LogP contribution in [0.2, 0.25) is 0 Å². The Morgan fingerprint density at radius 2 is 1.77 bits per heavy atom. The minimum Gasteiger partial charge on any atom is -0.506 e. The Balaban J connectivity index is 1.89. The first-order chi connectivity index (χ1) is 12.6. The molecule has 0 amide bonds. The van der Waals surface area contributed by atoms with Gasteiger partial charge >= 0.3 is 0 Å². The van der Waals surface area contributed by atoms with Crippen molar-refractivity contribution in [3.8, 4) is 17.0 Å². The minimum absolute atomic E-state index is 0.0456. The lowest BCUT2D eigenvalue weighted by Crippen LogP contribution is -1.84. The SMILES string of the molecule is Cc1ccn2c(N=Nc3ccccc3O)c(-c3ccc(F)cc3)nc2c1. The molecule has 2 aromatic carbocycles. The first kappa shape index (κ1) is 16.0. The van der Waals surface area contributed by atoms with E-state index in [0.29, 0.717) is 17.2 Å². The molecule has 0 bridgehead atoms. The van der Waals surface area contributed by atoms with Gasteiger partial charge in [-0.25, -0.2) is 9.37 Å². The van der Waals surface area contributed by atoms with Crippen LogP contribution in [0.3, 0.4) is 0 Å². The number of hydrogen-bond donors (Lipinski definition) is 1. The number of para-hydroxylation sites is 1. The Morgan fingerprint density at radius 1 is 1.00 bits per heavy atom. The van der Waals surface area contributed by atoms with Crippen molar-refractivity contribution in [2.24, 2.45) is 10.2 Å². The number of aromatic hydroxyl groups is 1. The second kappa shape index (κ2) is 6.40. The summed E-state index contributed by atoms with van der Waals surface area (Å²) in [7, 11) is 0. The third-order valence-corrected chi connectivity index (χ3v) is 4.01. The van der Waals surface area contributed by atoms with Crippen LogP contribution >= 0.6 is 0 Å². The maximum absolute atomic E-state index is 13.3. The highest BCUT2D eigenvalue weighted by Gasteiger charge is 2.14. The molecule has 2 aromatic heterocycles. The fraction of sp³-hybridized carbons (Fsp3) is 0.0500. The monoisotopic (exact) mass is 346 g/mol. The van der Waals surface area contributed by atoms with Gasteiger partial charge in [-0.15, -0.1) is 10.2 Å². The third-order valence-electron chi connectivity index (χ3n) is 4.01. The van der Waals surface area contributed by atoms with E-state index in [1.807, 2.05) is 29.7 Å². The van der Waals surface area contributed by atoms with Gasteiger partial charge in [0.1, 0.15) is 28.6 Å². The molecule has 5 nitrogen and oxygen atoms in total. The molecule has 0 saturated heterocycles. The number of azo groups is 1. The van der Waals surface area contributed by atoms with Gasteiger partial charge in [-0.3, -0.25) is 4.40 Å². The van der Waals surface area contributed by atoms with Crippen molar-refractivity contribution in [3.05, 3.63) is 78.2 Å².